The summed E-state index contributed by atoms with van der Waals surface area (Å²) in [5, 5.41) is 29.8. The summed E-state index contributed by atoms with van der Waals surface area (Å²) in [6, 6.07) is 13.7. The van der Waals surface area contributed by atoms with Crippen LogP contribution in [0.2, 0.25) is 0 Å². The second-order valence-electron chi connectivity index (χ2n) is 7.98. The third-order valence-corrected chi connectivity index (χ3v) is 6.33. The van der Waals surface area contributed by atoms with Crippen molar-refractivity contribution in [1.82, 2.24) is 20.2 Å². The first-order valence-corrected chi connectivity index (χ1v) is 11.6. The molecule has 0 aliphatic heterocycles. The highest BCUT2D eigenvalue weighted by atomic mass is 32.2. The number of aromatic nitrogens is 4. The standard InChI is InChI=1S/C24H24N6O4S/c1-13(2)22(32)26-17-10-7-8-14-20(17)19(35-24-27-28-29-30(24)3)12-15(21(14)31)23(33)25-16-9-5-6-11-18(16)34-4/h5-13,31H,1-4H3,(H,25,33)(H,26,32). The minimum absolute atomic E-state index is 0.0494. The minimum Gasteiger partial charge on any atom is -0.506 e. The van der Waals surface area contributed by atoms with Crippen LogP contribution in [0.15, 0.2) is 58.6 Å². The van der Waals surface area contributed by atoms with Crippen molar-refractivity contribution in [2.45, 2.75) is 23.9 Å². The van der Waals surface area contributed by atoms with E-state index in [1.807, 2.05) is 0 Å². The third-order valence-electron chi connectivity index (χ3n) is 5.26. The van der Waals surface area contributed by atoms with Crippen molar-refractivity contribution in [1.29, 1.82) is 0 Å². The highest BCUT2D eigenvalue weighted by molar-refractivity contribution is 7.99. The summed E-state index contributed by atoms with van der Waals surface area (Å²) < 4.78 is 6.81. The number of carbonyl (C=O) groups is 2. The topological polar surface area (TPSA) is 131 Å². The lowest BCUT2D eigenvalue weighted by Gasteiger charge is -2.17. The maximum absolute atomic E-state index is 13.3. The molecular formula is C24H24N6O4S. The highest BCUT2D eigenvalue weighted by Gasteiger charge is 2.22. The summed E-state index contributed by atoms with van der Waals surface area (Å²) in [5.74, 6) is -0.674. The Labute approximate surface area is 205 Å². The molecule has 2 amide bonds. The molecule has 3 N–H and O–H groups in total. The lowest BCUT2D eigenvalue weighted by molar-refractivity contribution is -0.118. The first kappa shape index (κ1) is 24.0. The van der Waals surface area contributed by atoms with E-state index in [4.69, 9.17) is 4.74 Å². The van der Waals surface area contributed by atoms with Crippen molar-refractivity contribution < 1.29 is 19.4 Å². The summed E-state index contributed by atoms with van der Waals surface area (Å²) in [6.45, 7) is 3.58. The molecule has 10 nitrogen and oxygen atoms in total. The number of aryl methyl sites for hydroxylation is 1. The fraction of sp³-hybridized carbons (Fsp3) is 0.208. The molecule has 35 heavy (non-hydrogen) atoms. The van der Waals surface area contributed by atoms with Gasteiger partial charge >= 0.3 is 0 Å². The van der Waals surface area contributed by atoms with E-state index in [0.717, 1.165) is 0 Å². The summed E-state index contributed by atoms with van der Waals surface area (Å²) in [6.07, 6.45) is 0. The van der Waals surface area contributed by atoms with Crippen LogP contribution >= 0.6 is 11.8 Å². The van der Waals surface area contributed by atoms with Crippen molar-refractivity contribution in [3.8, 4) is 11.5 Å². The number of carbonyl (C=O) groups excluding carboxylic acids is 2. The Morgan fingerprint density at radius 2 is 1.83 bits per heavy atom. The molecule has 0 aliphatic carbocycles. The smallest absolute Gasteiger partial charge is 0.259 e. The predicted octanol–water partition coefficient (Wildman–Crippen LogP) is 4.08. The van der Waals surface area contributed by atoms with Gasteiger partial charge in [-0.25, -0.2) is 4.68 Å². The summed E-state index contributed by atoms with van der Waals surface area (Å²) in [4.78, 5) is 26.3. The number of fused-ring (bicyclic) bond motifs is 1. The van der Waals surface area contributed by atoms with E-state index < -0.39 is 5.91 Å². The Kier molecular flexibility index (Phi) is 6.87. The fourth-order valence-corrected chi connectivity index (χ4v) is 4.35. The van der Waals surface area contributed by atoms with E-state index in [0.29, 0.717) is 37.9 Å². The molecule has 4 rings (SSSR count). The quantitative estimate of drug-likeness (QED) is 0.352. The molecule has 4 aromatic rings. The number of nitrogens with zero attached hydrogens (tertiary/aromatic N) is 4. The van der Waals surface area contributed by atoms with Crippen LogP contribution in [0.3, 0.4) is 0 Å². The number of para-hydroxylation sites is 2. The van der Waals surface area contributed by atoms with Gasteiger partial charge in [-0.05, 0) is 46.5 Å². The average molecular weight is 493 g/mol. The molecule has 0 aliphatic rings. The highest BCUT2D eigenvalue weighted by Crippen LogP contribution is 2.42. The number of hydrogen-bond donors (Lipinski definition) is 3. The molecule has 1 heterocycles. The predicted molar refractivity (Wildman–Crippen MR) is 133 cm³/mol. The van der Waals surface area contributed by atoms with Crippen LogP contribution in [-0.4, -0.2) is 44.2 Å². The average Bonchev–Trinajstić information content (AvgIpc) is 3.25. The fourth-order valence-electron chi connectivity index (χ4n) is 3.41. The Morgan fingerprint density at radius 3 is 2.51 bits per heavy atom. The Balaban J connectivity index is 1.86. The number of aromatic hydroxyl groups is 1. The minimum atomic E-state index is -0.525. The number of tetrazole rings is 1. The summed E-state index contributed by atoms with van der Waals surface area (Å²) in [5.41, 5.74) is 1.02. The van der Waals surface area contributed by atoms with Crippen LogP contribution in [0.1, 0.15) is 24.2 Å². The van der Waals surface area contributed by atoms with Gasteiger partial charge in [-0.3, -0.25) is 9.59 Å². The first-order valence-electron chi connectivity index (χ1n) is 10.7. The van der Waals surface area contributed by atoms with E-state index >= 15 is 0 Å². The molecule has 0 radical (unpaired) electrons. The molecule has 180 valence electrons. The third kappa shape index (κ3) is 4.90. The monoisotopic (exact) mass is 492 g/mol. The van der Waals surface area contributed by atoms with Gasteiger partial charge < -0.3 is 20.5 Å². The number of phenols is 1. The molecule has 1 aromatic heterocycles. The molecule has 0 bridgehead atoms. The van der Waals surface area contributed by atoms with E-state index in [-0.39, 0.29) is 23.1 Å². The Morgan fingerprint density at radius 1 is 1.09 bits per heavy atom. The van der Waals surface area contributed by atoms with Crippen molar-refractivity contribution in [3.05, 3.63) is 54.1 Å². The van der Waals surface area contributed by atoms with Gasteiger partial charge in [-0.1, -0.05) is 38.1 Å². The molecule has 0 spiro atoms. The lowest BCUT2D eigenvalue weighted by atomic mass is 10.0. The molecule has 0 saturated heterocycles. The second-order valence-corrected chi connectivity index (χ2v) is 8.99. The van der Waals surface area contributed by atoms with Crippen LogP contribution in [0.4, 0.5) is 11.4 Å². The van der Waals surface area contributed by atoms with Gasteiger partial charge in [0.25, 0.3) is 5.91 Å². The van der Waals surface area contributed by atoms with Crippen molar-refractivity contribution in [2.75, 3.05) is 17.7 Å². The number of nitrogens with one attached hydrogen (secondary N) is 2. The van der Waals surface area contributed by atoms with Crippen LogP contribution in [0, 0.1) is 5.92 Å². The molecule has 11 heteroatoms. The Bertz CT molecular complexity index is 1420. The summed E-state index contributed by atoms with van der Waals surface area (Å²) >= 11 is 1.21. The van der Waals surface area contributed by atoms with Gasteiger partial charge in [0.2, 0.25) is 11.1 Å². The normalized spacial score (nSPS) is 11.0. The van der Waals surface area contributed by atoms with Crippen LogP contribution in [0.5, 0.6) is 11.5 Å². The second kappa shape index (κ2) is 10.0. The van der Waals surface area contributed by atoms with Gasteiger partial charge in [0.05, 0.1) is 18.4 Å². The van der Waals surface area contributed by atoms with Gasteiger partial charge in [0.1, 0.15) is 11.5 Å². The molecule has 0 unspecified atom stereocenters. The van der Waals surface area contributed by atoms with Crippen LogP contribution in [0.25, 0.3) is 10.8 Å². The number of hydrogen-bond acceptors (Lipinski definition) is 8. The zero-order valence-corrected chi connectivity index (χ0v) is 20.4. The number of phenolic OH excluding ortho intramolecular Hbond substituents is 1. The Hall–Kier alpha value is -4.12. The molecule has 0 fully saturated rings. The van der Waals surface area contributed by atoms with E-state index in [2.05, 4.69) is 26.2 Å². The number of benzene rings is 3. The molecular weight excluding hydrogens is 468 g/mol. The number of ether oxygens (including phenoxy) is 1. The summed E-state index contributed by atoms with van der Waals surface area (Å²) in [7, 11) is 3.21. The van der Waals surface area contributed by atoms with Crippen molar-refractivity contribution in [3.63, 3.8) is 0 Å². The SMILES string of the molecule is COc1ccccc1NC(=O)c1cc(Sc2nnnn2C)c2c(NC(=O)C(C)C)cccc2c1O. The first-order chi connectivity index (χ1) is 16.8. The number of amides is 2. The van der Waals surface area contributed by atoms with Gasteiger partial charge in [0.15, 0.2) is 0 Å². The van der Waals surface area contributed by atoms with E-state index in [1.54, 1.807) is 69.4 Å². The number of anilines is 2. The zero-order chi connectivity index (χ0) is 25.1. The zero-order valence-electron chi connectivity index (χ0n) is 19.6. The van der Waals surface area contributed by atoms with Gasteiger partial charge in [0, 0.05) is 34.3 Å². The van der Waals surface area contributed by atoms with Crippen molar-refractivity contribution in [2.24, 2.45) is 13.0 Å². The van der Waals surface area contributed by atoms with E-state index in [9.17, 15) is 14.7 Å². The largest absolute Gasteiger partial charge is 0.506 e. The van der Waals surface area contributed by atoms with Crippen LogP contribution < -0.4 is 15.4 Å². The van der Waals surface area contributed by atoms with Crippen molar-refractivity contribution >= 4 is 45.7 Å². The molecule has 0 saturated carbocycles. The maximum atomic E-state index is 13.3. The number of rotatable bonds is 7. The van der Waals surface area contributed by atoms with E-state index in [1.165, 1.54) is 23.6 Å². The number of methoxy groups -OCH3 is 1. The van der Waals surface area contributed by atoms with Crippen LogP contribution in [-0.2, 0) is 11.8 Å². The van der Waals surface area contributed by atoms with Gasteiger partial charge in [-0.15, -0.1) is 5.10 Å². The lowest BCUT2D eigenvalue weighted by Crippen LogP contribution is -2.18. The maximum Gasteiger partial charge on any atom is 0.259 e. The molecule has 3 aromatic carbocycles. The van der Waals surface area contributed by atoms with Gasteiger partial charge in [-0.2, -0.15) is 0 Å². The molecule has 0 atom stereocenters.